The summed E-state index contributed by atoms with van der Waals surface area (Å²) in [7, 11) is -3.53. The summed E-state index contributed by atoms with van der Waals surface area (Å²) in [6.45, 7) is 7.56. The first-order valence-corrected chi connectivity index (χ1v) is 13.2. The van der Waals surface area contributed by atoms with E-state index in [1.54, 1.807) is 18.2 Å². The number of nitrogens with one attached hydrogen (secondary N) is 1. The highest BCUT2D eigenvalue weighted by molar-refractivity contribution is 7.89. The molecule has 182 valence electrons. The van der Waals surface area contributed by atoms with Crippen LogP contribution in [0.1, 0.15) is 34.3 Å². The van der Waals surface area contributed by atoms with Gasteiger partial charge in [-0.1, -0.05) is 23.3 Å². The van der Waals surface area contributed by atoms with Gasteiger partial charge in [0.25, 0.3) is 5.91 Å². The molecule has 4 rings (SSSR count). The van der Waals surface area contributed by atoms with Crippen LogP contribution in [0.15, 0.2) is 47.4 Å². The average molecular weight is 485 g/mol. The van der Waals surface area contributed by atoms with Gasteiger partial charge in [-0.25, -0.2) is 8.42 Å². The number of hydrogen-bond acceptors (Lipinski definition) is 5. The maximum Gasteiger partial charge on any atom is 0.253 e. The van der Waals surface area contributed by atoms with Crippen LogP contribution >= 0.6 is 0 Å². The summed E-state index contributed by atoms with van der Waals surface area (Å²) in [5, 5.41) is 2.82. The second-order valence-electron chi connectivity index (χ2n) is 9.13. The Morgan fingerprint density at radius 1 is 0.882 bits per heavy atom. The van der Waals surface area contributed by atoms with Crippen molar-refractivity contribution in [3.63, 3.8) is 0 Å². The molecular formula is C25H32N4O4S. The number of piperazine rings is 1. The Morgan fingerprint density at radius 2 is 1.53 bits per heavy atom. The van der Waals surface area contributed by atoms with Gasteiger partial charge in [0.15, 0.2) is 0 Å². The maximum absolute atomic E-state index is 12.9. The molecule has 8 nitrogen and oxygen atoms in total. The lowest BCUT2D eigenvalue weighted by atomic mass is 10.1. The van der Waals surface area contributed by atoms with Gasteiger partial charge in [0, 0.05) is 50.5 Å². The Bertz CT molecular complexity index is 1150. The molecule has 2 amide bonds. The smallest absolute Gasteiger partial charge is 0.253 e. The van der Waals surface area contributed by atoms with Gasteiger partial charge in [-0.05, 0) is 57.0 Å². The van der Waals surface area contributed by atoms with Crippen molar-refractivity contribution >= 4 is 27.5 Å². The van der Waals surface area contributed by atoms with Crippen LogP contribution in [0, 0.1) is 13.8 Å². The Morgan fingerprint density at radius 3 is 2.18 bits per heavy atom. The molecule has 0 bridgehead atoms. The molecule has 0 aromatic heterocycles. The van der Waals surface area contributed by atoms with Crippen LogP contribution in [0.2, 0.25) is 0 Å². The maximum atomic E-state index is 12.9. The van der Waals surface area contributed by atoms with Crippen molar-refractivity contribution in [3.05, 3.63) is 59.2 Å². The van der Waals surface area contributed by atoms with Gasteiger partial charge in [0.05, 0.1) is 11.4 Å². The molecule has 0 aliphatic carbocycles. The van der Waals surface area contributed by atoms with E-state index in [4.69, 9.17) is 0 Å². The lowest BCUT2D eigenvalue weighted by molar-refractivity contribution is -0.117. The van der Waals surface area contributed by atoms with Crippen LogP contribution in [0.5, 0.6) is 0 Å². The van der Waals surface area contributed by atoms with Crippen LogP contribution in [0.25, 0.3) is 0 Å². The molecule has 0 spiro atoms. The van der Waals surface area contributed by atoms with E-state index in [2.05, 4.69) is 5.32 Å². The van der Waals surface area contributed by atoms with Crippen molar-refractivity contribution < 1.29 is 18.0 Å². The lowest BCUT2D eigenvalue weighted by Gasteiger charge is -2.34. The summed E-state index contributed by atoms with van der Waals surface area (Å²) < 4.78 is 27.1. The molecule has 2 aromatic rings. The highest BCUT2D eigenvalue weighted by Gasteiger charge is 2.28. The zero-order valence-electron chi connectivity index (χ0n) is 19.8. The number of amides is 2. The number of hydrogen-bond donors (Lipinski definition) is 1. The molecule has 2 heterocycles. The zero-order chi connectivity index (χ0) is 24.3. The van der Waals surface area contributed by atoms with Gasteiger partial charge in [-0.2, -0.15) is 4.31 Å². The molecule has 2 aromatic carbocycles. The molecule has 2 fully saturated rings. The molecule has 2 saturated heterocycles. The standard InChI is InChI=1S/C25H32N4O4S/c1-19-14-20(2)16-21(15-19)25(31)28-12-10-27(11-13-28)18-24(30)26-22-6-5-7-23(17-22)34(32,33)29-8-3-4-9-29/h5-7,14-17H,3-4,8-13,18H2,1-2H3,(H,26,30). The van der Waals surface area contributed by atoms with E-state index in [9.17, 15) is 18.0 Å². The first-order chi connectivity index (χ1) is 16.2. The van der Waals surface area contributed by atoms with E-state index in [1.807, 2.05) is 41.8 Å². The molecule has 2 aliphatic heterocycles. The first-order valence-electron chi connectivity index (χ1n) is 11.7. The molecule has 0 saturated carbocycles. The monoisotopic (exact) mass is 484 g/mol. The lowest BCUT2D eigenvalue weighted by Crippen LogP contribution is -2.50. The fourth-order valence-corrected chi connectivity index (χ4v) is 6.17. The number of benzene rings is 2. The van der Waals surface area contributed by atoms with Gasteiger partial charge in [-0.3, -0.25) is 14.5 Å². The molecule has 1 N–H and O–H groups in total. The van der Waals surface area contributed by atoms with Crippen LogP contribution in [-0.4, -0.2) is 80.2 Å². The summed E-state index contributed by atoms with van der Waals surface area (Å²) in [5.74, 6) is -0.184. The van der Waals surface area contributed by atoms with E-state index in [0.717, 1.165) is 24.0 Å². The van der Waals surface area contributed by atoms with Gasteiger partial charge in [-0.15, -0.1) is 0 Å². The highest BCUT2D eigenvalue weighted by atomic mass is 32.2. The molecule has 0 radical (unpaired) electrons. The quantitative estimate of drug-likeness (QED) is 0.680. The third kappa shape index (κ3) is 5.65. The third-order valence-corrected chi connectivity index (χ3v) is 8.21. The van der Waals surface area contributed by atoms with Crippen molar-refractivity contribution in [2.24, 2.45) is 0 Å². The fourth-order valence-electron chi connectivity index (χ4n) is 4.61. The summed E-state index contributed by atoms with van der Waals surface area (Å²) in [6, 6.07) is 12.3. The summed E-state index contributed by atoms with van der Waals surface area (Å²) >= 11 is 0. The largest absolute Gasteiger partial charge is 0.336 e. The number of rotatable bonds is 6. The topological polar surface area (TPSA) is 90.0 Å². The number of aryl methyl sites for hydroxylation is 2. The van der Waals surface area contributed by atoms with Gasteiger partial charge in [0.1, 0.15) is 0 Å². The van der Waals surface area contributed by atoms with E-state index in [1.165, 1.54) is 10.4 Å². The fraction of sp³-hybridized carbons (Fsp3) is 0.440. The molecule has 9 heteroatoms. The van der Waals surface area contributed by atoms with Crippen LogP contribution < -0.4 is 5.32 Å². The first kappa shape index (κ1) is 24.4. The number of carbonyl (C=O) groups is 2. The van der Waals surface area contributed by atoms with E-state index < -0.39 is 10.0 Å². The number of nitrogens with zero attached hydrogens (tertiary/aromatic N) is 3. The minimum absolute atomic E-state index is 0.0203. The van der Waals surface area contributed by atoms with Crippen LogP contribution in [-0.2, 0) is 14.8 Å². The second-order valence-corrected chi connectivity index (χ2v) is 11.1. The SMILES string of the molecule is Cc1cc(C)cc(C(=O)N2CCN(CC(=O)Nc3cccc(S(=O)(=O)N4CCCC4)c3)CC2)c1. The van der Waals surface area contributed by atoms with Crippen molar-refractivity contribution in [1.82, 2.24) is 14.1 Å². The second kappa shape index (κ2) is 10.2. The van der Waals surface area contributed by atoms with E-state index in [-0.39, 0.29) is 23.3 Å². The Hall–Kier alpha value is -2.75. The Kier molecular flexibility index (Phi) is 7.35. The minimum atomic E-state index is -3.53. The van der Waals surface area contributed by atoms with Crippen LogP contribution in [0.3, 0.4) is 0 Å². The molecule has 0 atom stereocenters. The normalized spacial score (nSPS) is 17.6. The van der Waals surface area contributed by atoms with Crippen molar-refractivity contribution in [2.45, 2.75) is 31.6 Å². The van der Waals surface area contributed by atoms with Gasteiger partial charge >= 0.3 is 0 Å². The summed E-state index contributed by atoms with van der Waals surface area (Å²) in [5.41, 5.74) is 3.30. The summed E-state index contributed by atoms with van der Waals surface area (Å²) in [6.07, 6.45) is 1.75. The molecular weight excluding hydrogens is 452 g/mol. The Labute approximate surface area is 201 Å². The van der Waals surface area contributed by atoms with Crippen molar-refractivity contribution in [3.8, 4) is 0 Å². The molecule has 34 heavy (non-hydrogen) atoms. The number of carbonyl (C=O) groups excluding carboxylic acids is 2. The molecule has 0 unspecified atom stereocenters. The highest BCUT2D eigenvalue weighted by Crippen LogP contribution is 2.23. The minimum Gasteiger partial charge on any atom is -0.336 e. The van der Waals surface area contributed by atoms with E-state index in [0.29, 0.717) is 50.5 Å². The van der Waals surface area contributed by atoms with Crippen LogP contribution in [0.4, 0.5) is 5.69 Å². The van der Waals surface area contributed by atoms with Gasteiger partial charge < -0.3 is 10.2 Å². The third-order valence-electron chi connectivity index (χ3n) is 6.32. The molecule has 2 aliphatic rings. The van der Waals surface area contributed by atoms with E-state index >= 15 is 0 Å². The predicted octanol–water partition coefficient (Wildman–Crippen LogP) is 2.48. The predicted molar refractivity (Wildman–Crippen MR) is 131 cm³/mol. The van der Waals surface area contributed by atoms with Crippen molar-refractivity contribution in [1.29, 1.82) is 0 Å². The average Bonchev–Trinajstić information content (AvgIpc) is 3.34. The zero-order valence-corrected chi connectivity index (χ0v) is 20.6. The van der Waals surface area contributed by atoms with Gasteiger partial charge in [0.2, 0.25) is 15.9 Å². The Balaban J connectivity index is 1.30. The van der Waals surface area contributed by atoms with Crippen molar-refractivity contribution in [2.75, 3.05) is 51.1 Å². The summed E-state index contributed by atoms with van der Waals surface area (Å²) in [4.78, 5) is 29.5. The number of anilines is 1. The number of sulfonamides is 1.